The van der Waals surface area contributed by atoms with Crippen molar-refractivity contribution in [1.29, 1.82) is 0 Å². The first-order valence-electron chi connectivity index (χ1n) is 5.36. The maximum absolute atomic E-state index is 6.01. The van der Waals surface area contributed by atoms with Crippen LogP contribution < -0.4 is 5.32 Å². The number of hydrogen-bond acceptors (Lipinski definition) is 2. The molecule has 1 aliphatic heterocycles. The number of hydrogen-bond donors (Lipinski definition) is 1. The largest absolute Gasteiger partial charge is 0.313 e. The van der Waals surface area contributed by atoms with E-state index in [1.54, 1.807) is 0 Å². The summed E-state index contributed by atoms with van der Waals surface area (Å²) < 4.78 is 0. The summed E-state index contributed by atoms with van der Waals surface area (Å²) in [6, 6.07) is 9.15. The van der Waals surface area contributed by atoms with Crippen LogP contribution in [0.1, 0.15) is 18.5 Å². The van der Waals surface area contributed by atoms with E-state index in [1.807, 2.05) is 12.1 Å². The van der Waals surface area contributed by atoms with Crippen LogP contribution in [-0.4, -0.2) is 31.1 Å². The first kappa shape index (κ1) is 10.9. The zero-order chi connectivity index (χ0) is 10.8. The molecule has 2 unspecified atom stereocenters. The summed E-state index contributed by atoms with van der Waals surface area (Å²) in [6.07, 6.45) is 0. The molecule has 1 N–H and O–H groups in total. The molecule has 1 aromatic carbocycles. The number of nitrogens with zero attached hydrogens (tertiary/aromatic N) is 1. The molecule has 0 bridgehead atoms. The molecule has 0 aliphatic carbocycles. The lowest BCUT2D eigenvalue weighted by atomic mass is 10.0. The van der Waals surface area contributed by atoms with Crippen molar-refractivity contribution in [3.63, 3.8) is 0 Å². The SMILES string of the molecule is CC1CNCC(c2cccc(Cl)c2)N1C. The van der Waals surface area contributed by atoms with Gasteiger partial charge in [0.1, 0.15) is 0 Å². The maximum atomic E-state index is 6.01. The second kappa shape index (κ2) is 4.52. The van der Waals surface area contributed by atoms with Crippen LogP contribution in [-0.2, 0) is 0 Å². The second-order valence-electron chi connectivity index (χ2n) is 4.24. The predicted octanol–water partition coefficient (Wildman–Crippen LogP) is 2.30. The molecule has 2 rings (SSSR count). The number of benzene rings is 1. The molecule has 0 spiro atoms. The van der Waals surface area contributed by atoms with Crippen molar-refractivity contribution in [3.05, 3.63) is 34.9 Å². The van der Waals surface area contributed by atoms with Crippen molar-refractivity contribution < 1.29 is 0 Å². The lowest BCUT2D eigenvalue weighted by Gasteiger charge is -2.38. The van der Waals surface area contributed by atoms with Crippen molar-refractivity contribution in [2.75, 3.05) is 20.1 Å². The molecule has 3 heteroatoms. The van der Waals surface area contributed by atoms with Gasteiger partial charge >= 0.3 is 0 Å². The standard InChI is InChI=1S/C12H17ClN2/c1-9-7-14-8-12(15(9)2)10-4-3-5-11(13)6-10/h3-6,9,12,14H,7-8H2,1-2H3. The Kier molecular flexibility index (Phi) is 3.29. The monoisotopic (exact) mass is 224 g/mol. The van der Waals surface area contributed by atoms with Gasteiger partial charge in [-0.15, -0.1) is 0 Å². The van der Waals surface area contributed by atoms with Crippen molar-refractivity contribution in [3.8, 4) is 0 Å². The fraction of sp³-hybridized carbons (Fsp3) is 0.500. The van der Waals surface area contributed by atoms with Crippen LogP contribution in [0.25, 0.3) is 0 Å². The van der Waals surface area contributed by atoms with E-state index >= 15 is 0 Å². The quantitative estimate of drug-likeness (QED) is 0.788. The highest BCUT2D eigenvalue weighted by atomic mass is 35.5. The Bertz CT molecular complexity index is 340. The van der Waals surface area contributed by atoms with Crippen LogP contribution in [0, 0.1) is 0 Å². The van der Waals surface area contributed by atoms with Crippen molar-refractivity contribution >= 4 is 11.6 Å². The molecule has 0 radical (unpaired) electrons. The van der Waals surface area contributed by atoms with Crippen LogP contribution >= 0.6 is 11.6 Å². The topological polar surface area (TPSA) is 15.3 Å². The van der Waals surface area contributed by atoms with E-state index in [-0.39, 0.29) is 0 Å². The Morgan fingerprint density at radius 2 is 2.20 bits per heavy atom. The number of piperazine rings is 1. The van der Waals surface area contributed by atoms with E-state index in [0.29, 0.717) is 12.1 Å². The van der Waals surface area contributed by atoms with Gasteiger partial charge in [0.15, 0.2) is 0 Å². The minimum atomic E-state index is 0.437. The molecule has 0 aromatic heterocycles. The van der Waals surface area contributed by atoms with E-state index in [4.69, 9.17) is 11.6 Å². The molecule has 1 saturated heterocycles. The van der Waals surface area contributed by atoms with Crippen LogP contribution in [0.15, 0.2) is 24.3 Å². The van der Waals surface area contributed by atoms with Crippen LogP contribution in [0.2, 0.25) is 5.02 Å². The summed E-state index contributed by atoms with van der Waals surface area (Å²) >= 11 is 6.01. The second-order valence-corrected chi connectivity index (χ2v) is 4.68. The summed E-state index contributed by atoms with van der Waals surface area (Å²) in [5.74, 6) is 0. The Hall–Kier alpha value is -0.570. The fourth-order valence-corrected chi connectivity index (χ4v) is 2.29. The third-order valence-electron chi connectivity index (χ3n) is 3.20. The molecule has 1 fully saturated rings. The Labute approximate surface area is 96.2 Å². The maximum Gasteiger partial charge on any atom is 0.0473 e. The Morgan fingerprint density at radius 3 is 2.93 bits per heavy atom. The molecular weight excluding hydrogens is 208 g/mol. The average Bonchev–Trinajstić information content (AvgIpc) is 2.22. The molecule has 0 saturated carbocycles. The molecule has 1 aromatic rings. The lowest BCUT2D eigenvalue weighted by Crippen LogP contribution is -2.49. The first-order valence-corrected chi connectivity index (χ1v) is 5.74. The number of halogens is 1. The predicted molar refractivity (Wildman–Crippen MR) is 64.3 cm³/mol. The molecule has 1 aliphatic rings. The van der Waals surface area contributed by atoms with Crippen molar-refractivity contribution in [2.24, 2.45) is 0 Å². The Morgan fingerprint density at radius 1 is 1.40 bits per heavy atom. The van der Waals surface area contributed by atoms with Gasteiger partial charge in [0.05, 0.1) is 0 Å². The van der Waals surface area contributed by atoms with Gasteiger partial charge in [-0.05, 0) is 31.7 Å². The van der Waals surface area contributed by atoms with E-state index in [9.17, 15) is 0 Å². The molecule has 1 heterocycles. The van der Waals surface area contributed by atoms with Gasteiger partial charge in [0, 0.05) is 30.2 Å². The molecule has 0 amide bonds. The smallest absolute Gasteiger partial charge is 0.0473 e. The Balaban J connectivity index is 2.22. The van der Waals surface area contributed by atoms with Gasteiger partial charge < -0.3 is 5.32 Å². The van der Waals surface area contributed by atoms with E-state index in [0.717, 1.165) is 18.1 Å². The highest BCUT2D eigenvalue weighted by molar-refractivity contribution is 6.30. The van der Waals surface area contributed by atoms with E-state index in [2.05, 4.69) is 36.3 Å². The van der Waals surface area contributed by atoms with Gasteiger partial charge in [-0.2, -0.15) is 0 Å². The van der Waals surface area contributed by atoms with Crippen LogP contribution in [0.3, 0.4) is 0 Å². The van der Waals surface area contributed by atoms with Gasteiger partial charge in [0.2, 0.25) is 0 Å². The van der Waals surface area contributed by atoms with Crippen LogP contribution in [0.4, 0.5) is 0 Å². The van der Waals surface area contributed by atoms with Gasteiger partial charge in [-0.3, -0.25) is 4.90 Å². The summed E-state index contributed by atoms with van der Waals surface area (Å²) in [4.78, 5) is 2.40. The normalized spacial score (nSPS) is 27.9. The third kappa shape index (κ3) is 2.33. The number of nitrogens with one attached hydrogen (secondary N) is 1. The third-order valence-corrected chi connectivity index (χ3v) is 3.43. The van der Waals surface area contributed by atoms with Gasteiger partial charge in [-0.25, -0.2) is 0 Å². The number of rotatable bonds is 1. The average molecular weight is 225 g/mol. The first-order chi connectivity index (χ1) is 7.18. The molecule has 2 nitrogen and oxygen atoms in total. The van der Waals surface area contributed by atoms with Gasteiger partial charge in [0.25, 0.3) is 0 Å². The summed E-state index contributed by atoms with van der Waals surface area (Å²) in [6.45, 7) is 4.30. The van der Waals surface area contributed by atoms with E-state index < -0.39 is 0 Å². The highest BCUT2D eigenvalue weighted by Gasteiger charge is 2.25. The van der Waals surface area contributed by atoms with Gasteiger partial charge in [-0.1, -0.05) is 23.7 Å². The molecular formula is C12H17ClN2. The molecule has 15 heavy (non-hydrogen) atoms. The summed E-state index contributed by atoms with van der Waals surface area (Å²) in [7, 11) is 2.18. The highest BCUT2D eigenvalue weighted by Crippen LogP contribution is 2.25. The van der Waals surface area contributed by atoms with Crippen molar-refractivity contribution in [2.45, 2.75) is 19.0 Å². The van der Waals surface area contributed by atoms with Crippen LogP contribution in [0.5, 0.6) is 0 Å². The van der Waals surface area contributed by atoms with Crippen molar-refractivity contribution in [1.82, 2.24) is 10.2 Å². The fourth-order valence-electron chi connectivity index (χ4n) is 2.09. The number of likely N-dealkylation sites (N-methyl/N-ethyl adjacent to an activating group) is 1. The summed E-state index contributed by atoms with van der Waals surface area (Å²) in [5.41, 5.74) is 1.30. The zero-order valence-corrected chi connectivity index (χ0v) is 9.96. The minimum Gasteiger partial charge on any atom is -0.313 e. The zero-order valence-electron chi connectivity index (χ0n) is 9.20. The van der Waals surface area contributed by atoms with E-state index in [1.165, 1.54) is 5.56 Å². The molecule has 82 valence electrons. The molecule has 2 atom stereocenters. The minimum absolute atomic E-state index is 0.437. The lowest BCUT2D eigenvalue weighted by molar-refractivity contribution is 0.141. The summed E-state index contributed by atoms with van der Waals surface area (Å²) in [5, 5.41) is 4.27.